The van der Waals surface area contributed by atoms with E-state index in [2.05, 4.69) is 18.2 Å². The topological polar surface area (TPSA) is 66.7 Å². The monoisotopic (exact) mass is 155 g/mol. The first-order valence-electron chi connectivity index (χ1n) is 2.69. The number of aliphatic imine (C=N–C) groups is 1. The summed E-state index contributed by atoms with van der Waals surface area (Å²) in [4.78, 5) is 21.6. The number of carbonyl (C=O) groups excluding carboxylic acids is 1. The average Bonchev–Trinajstić information content (AvgIpc) is 2.02. The van der Waals surface area contributed by atoms with Gasteiger partial charge in [0.1, 0.15) is 0 Å². The minimum Gasteiger partial charge on any atom is -0.478 e. The largest absolute Gasteiger partial charge is 0.478 e. The van der Waals surface area contributed by atoms with Gasteiger partial charge in [0.05, 0.1) is 6.54 Å². The number of hydrogen-bond acceptors (Lipinski definition) is 3. The van der Waals surface area contributed by atoms with E-state index in [-0.39, 0.29) is 0 Å². The molecule has 0 atom stereocenters. The average molecular weight is 155 g/mol. The Hall–Kier alpha value is -1.67. The third-order valence-electron chi connectivity index (χ3n) is 0.460. The van der Waals surface area contributed by atoms with E-state index < -0.39 is 5.97 Å². The maximum absolute atomic E-state index is 9.25. The molecule has 0 rings (SSSR count). The molecule has 0 radical (unpaired) electrons. The van der Waals surface area contributed by atoms with Crippen LogP contribution in [0.4, 0.5) is 0 Å². The smallest absolute Gasteiger partial charge is 0.327 e. The van der Waals surface area contributed by atoms with Gasteiger partial charge in [0.2, 0.25) is 6.08 Å². The lowest BCUT2D eigenvalue weighted by Crippen LogP contribution is -1.82. The van der Waals surface area contributed by atoms with Crippen LogP contribution >= 0.6 is 0 Å². The molecule has 0 aliphatic heterocycles. The van der Waals surface area contributed by atoms with Crippen molar-refractivity contribution in [2.24, 2.45) is 4.99 Å². The van der Waals surface area contributed by atoms with Gasteiger partial charge in [-0.05, 0) is 0 Å². The van der Waals surface area contributed by atoms with Crippen molar-refractivity contribution in [2.45, 2.75) is 0 Å². The van der Waals surface area contributed by atoms with E-state index in [0.717, 1.165) is 6.08 Å². The molecule has 0 bridgehead atoms. The summed E-state index contributed by atoms with van der Waals surface area (Å²) in [6, 6.07) is 0. The molecule has 0 aliphatic carbocycles. The van der Waals surface area contributed by atoms with Crippen LogP contribution in [0.3, 0.4) is 0 Å². The fourth-order valence-corrected chi connectivity index (χ4v) is 0.102. The molecule has 0 spiro atoms. The van der Waals surface area contributed by atoms with Crippen LogP contribution in [0.1, 0.15) is 0 Å². The lowest BCUT2D eigenvalue weighted by atomic mass is 10.7. The predicted octanol–water partition coefficient (Wildman–Crippen LogP) is 0.765. The predicted molar refractivity (Wildman–Crippen MR) is 41.0 cm³/mol. The molecule has 0 aliphatic rings. The van der Waals surface area contributed by atoms with Gasteiger partial charge in [0.25, 0.3) is 0 Å². The van der Waals surface area contributed by atoms with Crippen LogP contribution in [0, 0.1) is 0 Å². The Morgan fingerprint density at radius 1 is 1.64 bits per heavy atom. The van der Waals surface area contributed by atoms with E-state index >= 15 is 0 Å². The number of aliphatic carboxylic acids is 1. The van der Waals surface area contributed by atoms with Gasteiger partial charge in [-0.3, -0.25) is 0 Å². The first kappa shape index (κ1) is 12.0. The van der Waals surface area contributed by atoms with Crippen LogP contribution < -0.4 is 0 Å². The highest BCUT2D eigenvalue weighted by atomic mass is 16.4. The van der Waals surface area contributed by atoms with E-state index in [9.17, 15) is 9.59 Å². The highest BCUT2D eigenvalue weighted by molar-refractivity contribution is 5.78. The summed E-state index contributed by atoms with van der Waals surface area (Å²) in [5.41, 5.74) is 0. The molecular formula is C7H9NO3. The van der Waals surface area contributed by atoms with Gasteiger partial charge in [-0.1, -0.05) is 12.7 Å². The molecule has 0 saturated heterocycles. The summed E-state index contributed by atoms with van der Waals surface area (Å²) in [6.45, 7) is 6.66. The molecule has 1 N–H and O–H groups in total. The van der Waals surface area contributed by atoms with Crippen LogP contribution in [0.15, 0.2) is 30.3 Å². The summed E-state index contributed by atoms with van der Waals surface area (Å²) in [6.07, 6.45) is 3.74. The second-order valence-corrected chi connectivity index (χ2v) is 1.26. The zero-order valence-electron chi connectivity index (χ0n) is 5.99. The van der Waals surface area contributed by atoms with Crippen molar-refractivity contribution in [2.75, 3.05) is 6.54 Å². The molecule has 0 heterocycles. The SMILES string of the molecule is C=CC(=O)O.C=CCN=C=O. The Labute approximate surface area is 64.6 Å². The summed E-state index contributed by atoms with van der Waals surface area (Å²) in [7, 11) is 0. The van der Waals surface area contributed by atoms with Gasteiger partial charge in [0.15, 0.2) is 0 Å². The molecule has 0 fully saturated rings. The van der Waals surface area contributed by atoms with Crippen molar-refractivity contribution in [3.05, 3.63) is 25.3 Å². The molecule has 0 unspecified atom stereocenters. The lowest BCUT2D eigenvalue weighted by Gasteiger charge is -1.64. The number of hydrogen-bond donors (Lipinski definition) is 1. The number of carboxylic acid groups (broad SMARTS) is 1. The highest BCUT2D eigenvalue weighted by Crippen LogP contribution is 1.61. The van der Waals surface area contributed by atoms with Gasteiger partial charge < -0.3 is 5.11 Å². The standard InChI is InChI=1S/C4H5NO.C3H4O2/c1-2-3-5-4-6;1-2-3(4)5/h2H,1,3H2;2H,1H2,(H,4,5). The van der Waals surface area contributed by atoms with Crippen molar-refractivity contribution in [1.29, 1.82) is 0 Å². The molecule has 11 heavy (non-hydrogen) atoms. The number of carboxylic acids is 1. The van der Waals surface area contributed by atoms with Gasteiger partial charge in [-0.25, -0.2) is 14.6 Å². The van der Waals surface area contributed by atoms with E-state index in [1.807, 2.05) is 0 Å². The third-order valence-corrected chi connectivity index (χ3v) is 0.460. The van der Waals surface area contributed by atoms with Crippen LogP contribution in [0.5, 0.6) is 0 Å². The maximum atomic E-state index is 9.25. The van der Waals surface area contributed by atoms with Crippen LogP contribution in [-0.4, -0.2) is 23.7 Å². The van der Waals surface area contributed by atoms with Crippen molar-refractivity contribution in [1.82, 2.24) is 0 Å². The second kappa shape index (κ2) is 11.2. The summed E-state index contributed by atoms with van der Waals surface area (Å²) in [5, 5.41) is 7.60. The Kier molecular flexibility index (Phi) is 12.2. The Balaban J connectivity index is 0. The Morgan fingerprint density at radius 3 is 2.18 bits per heavy atom. The second-order valence-electron chi connectivity index (χ2n) is 1.26. The molecule has 0 aromatic heterocycles. The first-order chi connectivity index (χ1) is 5.18. The molecule has 0 amide bonds. The van der Waals surface area contributed by atoms with E-state index in [0.29, 0.717) is 6.54 Å². The van der Waals surface area contributed by atoms with Crippen molar-refractivity contribution in [3.8, 4) is 0 Å². The molecule has 60 valence electrons. The van der Waals surface area contributed by atoms with Crippen molar-refractivity contribution >= 4 is 12.0 Å². The van der Waals surface area contributed by atoms with Gasteiger partial charge in [-0.2, -0.15) is 0 Å². The number of nitrogens with zero attached hydrogens (tertiary/aromatic N) is 1. The fourth-order valence-electron chi connectivity index (χ4n) is 0.102. The summed E-state index contributed by atoms with van der Waals surface area (Å²) < 4.78 is 0. The molecule has 0 saturated carbocycles. The van der Waals surface area contributed by atoms with Gasteiger partial charge >= 0.3 is 5.97 Å². The Bertz CT molecular complexity index is 180. The van der Waals surface area contributed by atoms with Gasteiger partial charge in [-0.15, -0.1) is 6.58 Å². The highest BCUT2D eigenvalue weighted by Gasteiger charge is 1.73. The van der Waals surface area contributed by atoms with E-state index in [1.54, 1.807) is 0 Å². The quantitative estimate of drug-likeness (QED) is 0.283. The summed E-state index contributed by atoms with van der Waals surface area (Å²) >= 11 is 0. The lowest BCUT2D eigenvalue weighted by molar-refractivity contribution is -0.131. The first-order valence-corrected chi connectivity index (χ1v) is 2.69. The normalized spacial score (nSPS) is 6.18. The summed E-state index contributed by atoms with van der Waals surface area (Å²) in [5.74, 6) is -0.981. The number of carbonyl (C=O) groups is 1. The molecule has 4 heteroatoms. The molecule has 4 nitrogen and oxygen atoms in total. The van der Waals surface area contributed by atoms with Crippen LogP contribution in [0.2, 0.25) is 0 Å². The van der Waals surface area contributed by atoms with Crippen molar-refractivity contribution < 1.29 is 14.7 Å². The zero-order chi connectivity index (χ0) is 9.11. The number of rotatable bonds is 3. The van der Waals surface area contributed by atoms with E-state index in [1.165, 1.54) is 12.2 Å². The number of isocyanates is 1. The third kappa shape index (κ3) is 30.1. The maximum Gasteiger partial charge on any atom is 0.327 e. The fraction of sp³-hybridized carbons (Fsp3) is 0.143. The van der Waals surface area contributed by atoms with Crippen LogP contribution in [-0.2, 0) is 9.59 Å². The van der Waals surface area contributed by atoms with E-state index in [4.69, 9.17) is 5.11 Å². The molecular weight excluding hydrogens is 146 g/mol. The molecule has 0 aromatic rings. The minimum absolute atomic E-state index is 0.378. The van der Waals surface area contributed by atoms with Crippen molar-refractivity contribution in [3.63, 3.8) is 0 Å². The minimum atomic E-state index is -0.981. The van der Waals surface area contributed by atoms with Crippen LogP contribution in [0.25, 0.3) is 0 Å². The zero-order valence-corrected chi connectivity index (χ0v) is 5.99. The van der Waals surface area contributed by atoms with Gasteiger partial charge in [0, 0.05) is 6.08 Å². The Morgan fingerprint density at radius 2 is 2.09 bits per heavy atom. The molecule has 0 aromatic carbocycles.